The summed E-state index contributed by atoms with van der Waals surface area (Å²) in [4.78, 5) is 52.8. The molecule has 3 aromatic rings. The molecular weight excluding hydrogens is 434 g/mol. The first-order chi connectivity index (χ1) is 16.5. The van der Waals surface area contributed by atoms with E-state index in [1.165, 1.54) is 29.2 Å². The molecule has 0 fully saturated rings. The van der Waals surface area contributed by atoms with E-state index in [9.17, 15) is 19.2 Å². The number of esters is 1. The van der Waals surface area contributed by atoms with Crippen molar-refractivity contribution in [2.75, 3.05) is 23.0 Å². The van der Waals surface area contributed by atoms with E-state index in [4.69, 9.17) is 10.00 Å². The van der Waals surface area contributed by atoms with Gasteiger partial charge in [0.05, 0.1) is 34.9 Å². The van der Waals surface area contributed by atoms with E-state index in [2.05, 4.69) is 0 Å². The molecule has 0 unspecified atom stereocenters. The second kappa shape index (κ2) is 9.79. The molecule has 0 aliphatic carbocycles. The monoisotopic (exact) mass is 453 g/mol. The Morgan fingerprint density at radius 1 is 0.853 bits per heavy atom. The number of carbonyl (C=O) groups excluding carboxylic acids is 4. The van der Waals surface area contributed by atoms with E-state index >= 15 is 0 Å². The Balaban J connectivity index is 1.41. The largest absolute Gasteiger partial charge is 0.452 e. The van der Waals surface area contributed by atoms with Crippen LogP contribution in [0.4, 0.5) is 11.4 Å². The molecule has 0 N–H and O–H groups in total. The van der Waals surface area contributed by atoms with Crippen molar-refractivity contribution < 1.29 is 23.9 Å². The van der Waals surface area contributed by atoms with Gasteiger partial charge in [0.1, 0.15) is 0 Å². The first kappa shape index (κ1) is 22.4. The number of ether oxygens (including phenoxy) is 1. The highest BCUT2D eigenvalue weighted by Gasteiger charge is 2.36. The van der Waals surface area contributed by atoms with Crippen molar-refractivity contribution >= 4 is 35.1 Å². The van der Waals surface area contributed by atoms with Crippen molar-refractivity contribution in [1.82, 2.24) is 0 Å². The topological polar surface area (TPSA) is 108 Å². The maximum Gasteiger partial charge on any atom is 0.338 e. The first-order valence-electron chi connectivity index (χ1n) is 10.5. The minimum atomic E-state index is -0.726. The fraction of sp³-hybridized carbons (Fsp3) is 0.115. The van der Waals surface area contributed by atoms with Crippen LogP contribution in [0.5, 0.6) is 0 Å². The Morgan fingerprint density at radius 3 is 2.03 bits per heavy atom. The lowest BCUT2D eigenvalue weighted by atomic mass is 10.1. The zero-order valence-electron chi connectivity index (χ0n) is 18.0. The molecule has 0 radical (unpaired) electrons. The molecule has 34 heavy (non-hydrogen) atoms. The van der Waals surface area contributed by atoms with E-state index < -0.39 is 30.3 Å². The van der Waals surface area contributed by atoms with Crippen molar-refractivity contribution in [3.05, 3.63) is 95.6 Å². The molecule has 8 heteroatoms. The van der Waals surface area contributed by atoms with Gasteiger partial charge in [-0.05, 0) is 48.5 Å². The summed E-state index contributed by atoms with van der Waals surface area (Å²) >= 11 is 0. The van der Waals surface area contributed by atoms with Gasteiger partial charge < -0.3 is 9.64 Å². The zero-order chi connectivity index (χ0) is 24.1. The zero-order valence-corrected chi connectivity index (χ0v) is 18.0. The van der Waals surface area contributed by atoms with Crippen LogP contribution in [0.2, 0.25) is 0 Å². The van der Waals surface area contributed by atoms with Crippen LogP contribution >= 0.6 is 0 Å². The lowest BCUT2D eigenvalue weighted by Crippen LogP contribution is -2.35. The standard InChI is InChI=1S/C26H19N3O5/c27-15-6-16-28(19-7-2-1-3-8-19)23(30)17-34-26(33)18-11-13-20(14-12-18)29-24(31)21-9-4-5-10-22(21)25(29)32/h1-5,7-14H,6,16-17H2. The molecule has 1 heterocycles. The highest BCUT2D eigenvalue weighted by Crippen LogP contribution is 2.28. The summed E-state index contributed by atoms with van der Waals surface area (Å²) in [6.45, 7) is -0.328. The number of nitriles is 1. The molecule has 3 aromatic carbocycles. The number of fused-ring (bicyclic) bond motifs is 1. The lowest BCUT2D eigenvalue weighted by Gasteiger charge is -2.21. The number of amides is 3. The molecule has 0 atom stereocenters. The van der Waals surface area contributed by atoms with Gasteiger partial charge >= 0.3 is 5.97 Å². The van der Waals surface area contributed by atoms with Gasteiger partial charge in [0.2, 0.25) is 0 Å². The second-order valence-electron chi connectivity index (χ2n) is 7.40. The summed E-state index contributed by atoms with van der Waals surface area (Å²) in [7, 11) is 0. The minimum absolute atomic E-state index is 0.133. The Labute approximate surface area is 195 Å². The molecule has 1 aliphatic heterocycles. The third-order valence-electron chi connectivity index (χ3n) is 5.30. The SMILES string of the molecule is N#CCCN(C(=O)COC(=O)c1ccc(N2C(=O)c3ccccc3C2=O)cc1)c1ccccc1. The Kier molecular flexibility index (Phi) is 6.46. The van der Waals surface area contributed by atoms with Gasteiger partial charge in [-0.1, -0.05) is 30.3 Å². The molecule has 4 rings (SSSR count). The molecule has 3 amide bonds. The van der Waals surface area contributed by atoms with E-state index in [0.29, 0.717) is 22.5 Å². The molecule has 0 aromatic heterocycles. The predicted octanol–water partition coefficient (Wildman–Crippen LogP) is 3.59. The van der Waals surface area contributed by atoms with Crippen LogP contribution < -0.4 is 9.80 Å². The van der Waals surface area contributed by atoms with Crippen LogP contribution in [0.15, 0.2) is 78.9 Å². The van der Waals surface area contributed by atoms with Gasteiger partial charge in [-0.3, -0.25) is 14.4 Å². The van der Waals surface area contributed by atoms with Crippen molar-refractivity contribution in [1.29, 1.82) is 5.26 Å². The molecular formula is C26H19N3O5. The predicted molar refractivity (Wildman–Crippen MR) is 123 cm³/mol. The number of para-hydroxylation sites is 1. The first-order valence-corrected chi connectivity index (χ1v) is 10.5. The highest BCUT2D eigenvalue weighted by atomic mass is 16.5. The number of benzene rings is 3. The lowest BCUT2D eigenvalue weighted by molar-refractivity contribution is -0.121. The summed E-state index contributed by atoms with van der Waals surface area (Å²) in [6, 6.07) is 23.2. The molecule has 8 nitrogen and oxygen atoms in total. The number of anilines is 2. The fourth-order valence-corrected chi connectivity index (χ4v) is 3.63. The fourth-order valence-electron chi connectivity index (χ4n) is 3.63. The highest BCUT2D eigenvalue weighted by molar-refractivity contribution is 6.34. The van der Waals surface area contributed by atoms with Gasteiger partial charge in [0.25, 0.3) is 17.7 Å². The Bertz CT molecular complexity index is 1260. The van der Waals surface area contributed by atoms with Crippen LogP contribution in [0.1, 0.15) is 37.5 Å². The molecule has 168 valence electrons. The van der Waals surface area contributed by atoms with Crippen molar-refractivity contribution in [3.63, 3.8) is 0 Å². The summed E-state index contributed by atoms with van der Waals surface area (Å²) in [5, 5.41) is 8.88. The summed E-state index contributed by atoms with van der Waals surface area (Å²) in [6.07, 6.45) is 0.133. The summed E-state index contributed by atoms with van der Waals surface area (Å²) in [5.74, 6) is -2.05. The van der Waals surface area contributed by atoms with Crippen LogP contribution in [0, 0.1) is 11.3 Å². The van der Waals surface area contributed by atoms with Gasteiger partial charge in [-0.2, -0.15) is 5.26 Å². The normalized spacial score (nSPS) is 12.1. The number of nitrogens with zero attached hydrogens (tertiary/aromatic N) is 3. The van der Waals surface area contributed by atoms with Gasteiger partial charge in [-0.15, -0.1) is 0 Å². The van der Waals surface area contributed by atoms with E-state index in [-0.39, 0.29) is 18.5 Å². The number of hydrogen-bond donors (Lipinski definition) is 0. The van der Waals surface area contributed by atoms with Gasteiger partial charge in [0.15, 0.2) is 6.61 Å². The maximum absolute atomic E-state index is 12.7. The van der Waals surface area contributed by atoms with Crippen LogP contribution in [0.3, 0.4) is 0 Å². The van der Waals surface area contributed by atoms with E-state index in [1.807, 2.05) is 12.1 Å². The minimum Gasteiger partial charge on any atom is -0.452 e. The molecule has 0 saturated carbocycles. The number of imide groups is 1. The van der Waals surface area contributed by atoms with Crippen LogP contribution in [0.25, 0.3) is 0 Å². The van der Waals surface area contributed by atoms with Gasteiger partial charge in [-0.25, -0.2) is 9.69 Å². The third-order valence-corrected chi connectivity index (χ3v) is 5.30. The van der Waals surface area contributed by atoms with E-state index in [1.54, 1.807) is 48.5 Å². The van der Waals surface area contributed by atoms with Crippen LogP contribution in [-0.4, -0.2) is 36.8 Å². The summed E-state index contributed by atoms with van der Waals surface area (Å²) in [5.41, 5.74) is 1.74. The quantitative estimate of drug-likeness (QED) is 0.400. The second-order valence-corrected chi connectivity index (χ2v) is 7.40. The van der Waals surface area contributed by atoms with Crippen molar-refractivity contribution in [3.8, 4) is 6.07 Å². The summed E-state index contributed by atoms with van der Waals surface area (Å²) < 4.78 is 5.17. The van der Waals surface area contributed by atoms with Crippen molar-refractivity contribution in [2.45, 2.75) is 6.42 Å². The molecule has 0 spiro atoms. The van der Waals surface area contributed by atoms with Gasteiger partial charge in [0, 0.05) is 12.2 Å². The number of hydrogen-bond acceptors (Lipinski definition) is 6. The number of carbonyl (C=O) groups is 4. The van der Waals surface area contributed by atoms with Crippen molar-refractivity contribution in [2.24, 2.45) is 0 Å². The smallest absolute Gasteiger partial charge is 0.338 e. The van der Waals surface area contributed by atoms with E-state index in [0.717, 1.165) is 4.90 Å². The molecule has 1 aliphatic rings. The molecule has 0 saturated heterocycles. The maximum atomic E-state index is 12.7. The number of rotatable bonds is 7. The average Bonchev–Trinajstić information content (AvgIpc) is 3.13. The Morgan fingerprint density at radius 2 is 1.44 bits per heavy atom. The van der Waals surface area contributed by atoms with Crippen LogP contribution in [-0.2, 0) is 9.53 Å². The average molecular weight is 453 g/mol. The third kappa shape index (κ3) is 4.40. The Hall–Kier alpha value is -4.77. The molecule has 0 bridgehead atoms.